The zero-order valence-corrected chi connectivity index (χ0v) is 13.9. The second-order valence-electron chi connectivity index (χ2n) is 5.89. The Morgan fingerprint density at radius 1 is 1.30 bits per heavy atom. The van der Waals surface area contributed by atoms with Crippen molar-refractivity contribution >= 4 is 5.78 Å². The molecule has 1 aromatic carbocycles. The van der Waals surface area contributed by atoms with Crippen molar-refractivity contribution < 1.29 is 19.4 Å². The maximum Gasteiger partial charge on any atom is 0.196 e. The summed E-state index contributed by atoms with van der Waals surface area (Å²) in [6, 6.07) is 8.91. The first-order chi connectivity index (χ1) is 11.0. The molecule has 0 heterocycles. The van der Waals surface area contributed by atoms with Crippen LogP contribution in [0.2, 0.25) is 0 Å². The number of carbonyl (C=O) groups is 1. The minimum Gasteiger partial charge on any atom is -0.511 e. The van der Waals surface area contributed by atoms with Crippen molar-refractivity contribution in [1.82, 2.24) is 0 Å². The van der Waals surface area contributed by atoms with Gasteiger partial charge in [0.2, 0.25) is 0 Å². The molecule has 1 aromatic rings. The third kappa shape index (κ3) is 4.30. The normalized spacial score (nSPS) is 21.0. The van der Waals surface area contributed by atoms with E-state index in [1.807, 2.05) is 26.8 Å². The van der Waals surface area contributed by atoms with Crippen LogP contribution < -0.4 is 0 Å². The van der Waals surface area contributed by atoms with Crippen molar-refractivity contribution in [2.75, 3.05) is 6.61 Å². The molecule has 0 fully saturated rings. The second kappa shape index (κ2) is 7.57. The molecule has 0 aliphatic heterocycles. The molecule has 1 aliphatic rings. The summed E-state index contributed by atoms with van der Waals surface area (Å²) in [6.07, 6.45) is 4.26. The quantitative estimate of drug-likeness (QED) is 0.605. The van der Waals surface area contributed by atoms with E-state index in [2.05, 4.69) is 0 Å². The number of hydrogen-bond acceptors (Lipinski definition) is 4. The van der Waals surface area contributed by atoms with E-state index in [1.165, 1.54) is 0 Å². The predicted octanol–water partition coefficient (Wildman–Crippen LogP) is 4.19. The van der Waals surface area contributed by atoms with Crippen molar-refractivity contribution in [1.29, 1.82) is 0 Å². The summed E-state index contributed by atoms with van der Waals surface area (Å²) < 4.78 is 11.7. The van der Waals surface area contributed by atoms with Gasteiger partial charge in [-0.1, -0.05) is 37.3 Å². The number of rotatable bonds is 7. The lowest BCUT2D eigenvalue weighted by molar-refractivity contribution is -0.224. The highest BCUT2D eigenvalue weighted by molar-refractivity contribution is 6.11. The van der Waals surface area contributed by atoms with Crippen LogP contribution in [0.5, 0.6) is 0 Å². The zero-order chi connectivity index (χ0) is 16.9. The molecule has 124 valence electrons. The van der Waals surface area contributed by atoms with E-state index in [-0.39, 0.29) is 24.1 Å². The van der Waals surface area contributed by atoms with Gasteiger partial charge in [-0.15, -0.1) is 0 Å². The second-order valence-corrected chi connectivity index (χ2v) is 5.89. The van der Waals surface area contributed by atoms with Gasteiger partial charge < -0.3 is 14.6 Å². The van der Waals surface area contributed by atoms with E-state index in [1.54, 1.807) is 36.4 Å². The van der Waals surface area contributed by atoms with E-state index >= 15 is 0 Å². The molecule has 0 bridgehead atoms. The largest absolute Gasteiger partial charge is 0.511 e. The number of hydrogen-bond donors (Lipinski definition) is 1. The summed E-state index contributed by atoms with van der Waals surface area (Å²) >= 11 is 0. The number of aliphatic hydroxyl groups is 1. The van der Waals surface area contributed by atoms with Gasteiger partial charge in [-0.25, -0.2) is 0 Å². The van der Waals surface area contributed by atoms with Crippen molar-refractivity contribution in [2.45, 2.75) is 45.5 Å². The Kier molecular flexibility index (Phi) is 5.74. The third-order valence-corrected chi connectivity index (χ3v) is 3.49. The first-order valence-corrected chi connectivity index (χ1v) is 8.00. The number of benzene rings is 1. The average Bonchev–Trinajstić information content (AvgIpc) is 2.53. The van der Waals surface area contributed by atoms with E-state index < -0.39 is 5.79 Å². The fraction of sp³-hybridized carbons (Fsp3) is 0.421. The minimum absolute atomic E-state index is 0.00175. The van der Waals surface area contributed by atoms with E-state index in [4.69, 9.17) is 9.47 Å². The predicted molar refractivity (Wildman–Crippen MR) is 89.4 cm³/mol. The molecule has 0 radical (unpaired) electrons. The Morgan fingerprint density at radius 2 is 2.00 bits per heavy atom. The molecule has 0 saturated carbocycles. The van der Waals surface area contributed by atoms with E-state index in [0.29, 0.717) is 17.7 Å². The van der Waals surface area contributed by atoms with Gasteiger partial charge in [0.05, 0.1) is 24.7 Å². The summed E-state index contributed by atoms with van der Waals surface area (Å²) in [7, 11) is 0. The summed E-state index contributed by atoms with van der Waals surface area (Å²) in [4.78, 5) is 12.5. The van der Waals surface area contributed by atoms with Crippen LogP contribution in [0.1, 0.15) is 44.0 Å². The molecule has 1 aliphatic carbocycles. The smallest absolute Gasteiger partial charge is 0.196 e. The van der Waals surface area contributed by atoms with Crippen LogP contribution in [0.25, 0.3) is 0 Å². The van der Waals surface area contributed by atoms with Gasteiger partial charge in [0, 0.05) is 5.56 Å². The highest BCUT2D eigenvalue weighted by Gasteiger charge is 2.36. The molecule has 4 nitrogen and oxygen atoms in total. The van der Waals surface area contributed by atoms with Crippen LogP contribution in [0.15, 0.2) is 53.8 Å². The maximum atomic E-state index is 12.5. The highest BCUT2D eigenvalue weighted by Crippen LogP contribution is 2.32. The molecular formula is C19H24O4. The lowest BCUT2D eigenvalue weighted by Crippen LogP contribution is -2.39. The number of aliphatic hydroxyl groups excluding tert-OH is 1. The summed E-state index contributed by atoms with van der Waals surface area (Å²) in [5.41, 5.74) is 0.838. The van der Waals surface area contributed by atoms with Crippen molar-refractivity contribution in [2.24, 2.45) is 0 Å². The van der Waals surface area contributed by atoms with Crippen molar-refractivity contribution in [3.63, 3.8) is 0 Å². The standard InChI is InChI=1S/C19H24O4/c1-4-12-22-19(23-14(2)3)11-10-16(17(20)13-19)18(21)15-8-6-5-7-9-15/h5-11,14,20H,4,12-13H2,1-3H3. The van der Waals surface area contributed by atoms with Gasteiger partial charge in [-0.3, -0.25) is 4.79 Å². The SMILES string of the molecule is CCCOC1(OC(C)C)C=CC(C(=O)c2ccccc2)=C(O)C1. The average molecular weight is 316 g/mol. The molecular weight excluding hydrogens is 292 g/mol. The number of carbonyl (C=O) groups excluding carboxylic acids is 1. The number of allylic oxidation sites excluding steroid dienone is 2. The van der Waals surface area contributed by atoms with Crippen LogP contribution in [-0.4, -0.2) is 29.4 Å². The van der Waals surface area contributed by atoms with Gasteiger partial charge in [0.1, 0.15) is 5.76 Å². The highest BCUT2D eigenvalue weighted by atomic mass is 16.7. The number of Topliss-reactive ketones (excluding diaryl/α,β-unsaturated/α-hetero) is 1. The molecule has 23 heavy (non-hydrogen) atoms. The van der Waals surface area contributed by atoms with E-state index in [9.17, 15) is 9.90 Å². The fourth-order valence-corrected chi connectivity index (χ4v) is 2.53. The van der Waals surface area contributed by atoms with Crippen molar-refractivity contribution in [3.8, 4) is 0 Å². The van der Waals surface area contributed by atoms with Crippen LogP contribution >= 0.6 is 0 Å². The Balaban J connectivity index is 2.23. The minimum atomic E-state index is -1.01. The van der Waals surface area contributed by atoms with Crippen molar-refractivity contribution in [3.05, 3.63) is 59.4 Å². The zero-order valence-electron chi connectivity index (χ0n) is 13.9. The lowest BCUT2D eigenvalue weighted by atomic mass is 9.93. The van der Waals surface area contributed by atoms with E-state index in [0.717, 1.165) is 6.42 Å². The molecule has 1 atom stereocenters. The Labute approximate surface area is 137 Å². The number of ketones is 1. The van der Waals surface area contributed by atoms with Crippen LogP contribution in [0, 0.1) is 0 Å². The molecule has 2 rings (SSSR count). The summed E-state index contributed by atoms with van der Waals surface area (Å²) in [6.45, 7) is 6.36. The monoisotopic (exact) mass is 316 g/mol. The Hall–Kier alpha value is -1.91. The van der Waals surface area contributed by atoms with Crippen LogP contribution in [-0.2, 0) is 9.47 Å². The first kappa shape index (κ1) is 17.4. The van der Waals surface area contributed by atoms with Gasteiger partial charge in [-0.05, 0) is 32.4 Å². The van der Waals surface area contributed by atoms with Gasteiger partial charge in [0.25, 0.3) is 0 Å². The third-order valence-electron chi connectivity index (χ3n) is 3.49. The van der Waals surface area contributed by atoms with Gasteiger partial charge in [0.15, 0.2) is 11.6 Å². The molecule has 0 aromatic heterocycles. The van der Waals surface area contributed by atoms with Gasteiger partial charge in [-0.2, -0.15) is 0 Å². The Bertz CT molecular complexity index is 601. The molecule has 1 N–H and O–H groups in total. The molecule has 0 saturated heterocycles. The molecule has 0 spiro atoms. The summed E-state index contributed by atoms with van der Waals surface area (Å²) in [5.74, 6) is -1.21. The lowest BCUT2D eigenvalue weighted by Gasteiger charge is -2.35. The Morgan fingerprint density at radius 3 is 2.57 bits per heavy atom. The fourth-order valence-electron chi connectivity index (χ4n) is 2.53. The first-order valence-electron chi connectivity index (χ1n) is 8.00. The topological polar surface area (TPSA) is 55.8 Å². The van der Waals surface area contributed by atoms with Crippen LogP contribution in [0.3, 0.4) is 0 Å². The molecule has 4 heteroatoms. The van der Waals surface area contributed by atoms with Crippen LogP contribution in [0.4, 0.5) is 0 Å². The summed E-state index contributed by atoms with van der Waals surface area (Å²) in [5, 5.41) is 10.4. The number of ether oxygens (including phenoxy) is 2. The van der Waals surface area contributed by atoms with Gasteiger partial charge >= 0.3 is 0 Å². The molecule has 1 unspecified atom stereocenters. The maximum absolute atomic E-state index is 12.5. The molecule has 0 amide bonds.